The van der Waals surface area contributed by atoms with Gasteiger partial charge in [-0.05, 0) is 48.4 Å². The van der Waals surface area contributed by atoms with Gasteiger partial charge in [0.25, 0.3) is 0 Å². The van der Waals surface area contributed by atoms with Gasteiger partial charge in [0.05, 0.1) is 11.0 Å². The number of benzene rings is 4. The molecule has 1 N–H and O–H groups in total. The molecule has 0 aliphatic carbocycles. The van der Waals surface area contributed by atoms with E-state index in [9.17, 15) is 5.11 Å². The summed E-state index contributed by atoms with van der Waals surface area (Å²) in [5, 5.41) is 12.8. The van der Waals surface area contributed by atoms with Gasteiger partial charge in [0, 0.05) is 22.0 Å². The number of hydrogen-bond acceptors (Lipinski definition) is 1. The molecule has 0 unspecified atom stereocenters. The van der Waals surface area contributed by atoms with Gasteiger partial charge in [0.2, 0.25) is 0 Å². The lowest BCUT2D eigenvalue weighted by Crippen LogP contribution is -1.95. The van der Waals surface area contributed by atoms with Gasteiger partial charge >= 0.3 is 0 Å². The Kier molecular flexibility index (Phi) is 3.51. The van der Waals surface area contributed by atoms with E-state index in [0.29, 0.717) is 5.75 Å². The lowest BCUT2D eigenvalue weighted by Gasteiger charge is -2.13. The van der Waals surface area contributed by atoms with E-state index in [1.807, 2.05) is 18.2 Å². The van der Waals surface area contributed by atoms with Crippen LogP contribution in [-0.2, 0) is 0 Å². The van der Waals surface area contributed by atoms with E-state index >= 15 is 0 Å². The maximum atomic E-state index is 10.3. The molecule has 0 spiro atoms. The van der Waals surface area contributed by atoms with Gasteiger partial charge in [-0.15, -0.1) is 0 Å². The molecule has 0 saturated carbocycles. The van der Waals surface area contributed by atoms with Gasteiger partial charge in [-0.3, -0.25) is 0 Å². The van der Waals surface area contributed by atoms with E-state index in [1.165, 1.54) is 21.8 Å². The predicted octanol–water partition coefficient (Wildman–Crippen LogP) is 6.46. The Morgan fingerprint density at radius 1 is 0.630 bits per heavy atom. The molecule has 130 valence electrons. The van der Waals surface area contributed by atoms with Crippen LogP contribution >= 0.6 is 0 Å². The maximum Gasteiger partial charge on any atom is 0.123 e. The second kappa shape index (κ2) is 6.03. The number of aryl methyl sites for hydroxylation is 1. The first kappa shape index (κ1) is 15.7. The molecule has 27 heavy (non-hydrogen) atoms. The molecule has 2 nitrogen and oxygen atoms in total. The molecule has 0 saturated heterocycles. The molecule has 0 radical (unpaired) electrons. The van der Waals surface area contributed by atoms with Gasteiger partial charge in [-0.1, -0.05) is 60.7 Å². The molecule has 2 heteroatoms. The molecule has 1 heterocycles. The molecule has 0 bridgehead atoms. The maximum absolute atomic E-state index is 10.3. The van der Waals surface area contributed by atoms with E-state index in [1.54, 1.807) is 6.07 Å². The Labute approximate surface area is 157 Å². The SMILES string of the molecule is Cc1ccc(-n2c3ccccc3c3ccccc32)cc1-c1ccccc1O. The van der Waals surface area contributed by atoms with Crippen LogP contribution in [0.5, 0.6) is 5.75 Å². The van der Waals surface area contributed by atoms with E-state index in [4.69, 9.17) is 0 Å². The van der Waals surface area contributed by atoms with Crippen LogP contribution in [0.1, 0.15) is 5.56 Å². The third-order valence-electron chi connectivity index (χ3n) is 5.25. The first-order valence-electron chi connectivity index (χ1n) is 9.11. The van der Waals surface area contributed by atoms with Crippen molar-refractivity contribution in [2.24, 2.45) is 0 Å². The summed E-state index contributed by atoms with van der Waals surface area (Å²) in [5.74, 6) is 0.306. The predicted molar refractivity (Wildman–Crippen MR) is 113 cm³/mol. The Hall–Kier alpha value is -3.52. The van der Waals surface area contributed by atoms with Crippen molar-refractivity contribution in [1.82, 2.24) is 4.57 Å². The van der Waals surface area contributed by atoms with E-state index < -0.39 is 0 Å². The number of para-hydroxylation sites is 3. The monoisotopic (exact) mass is 349 g/mol. The second-order valence-electron chi connectivity index (χ2n) is 6.89. The summed E-state index contributed by atoms with van der Waals surface area (Å²) in [6.45, 7) is 2.08. The van der Waals surface area contributed by atoms with E-state index in [-0.39, 0.29) is 0 Å². The van der Waals surface area contributed by atoms with Crippen LogP contribution in [0.15, 0.2) is 91.0 Å². The molecule has 5 rings (SSSR count). The van der Waals surface area contributed by atoms with Gasteiger partial charge in [0.1, 0.15) is 5.75 Å². The van der Waals surface area contributed by atoms with Crippen molar-refractivity contribution >= 4 is 21.8 Å². The zero-order valence-corrected chi connectivity index (χ0v) is 15.1. The zero-order valence-electron chi connectivity index (χ0n) is 15.1. The highest BCUT2D eigenvalue weighted by atomic mass is 16.3. The van der Waals surface area contributed by atoms with Crippen molar-refractivity contribution in [3.8, 4) is 22.6 Å². The normalized spacial score (nSPS) is 11.3. The van der Waals surface area contributed by atoms with E-state index in [0.717, 1.165) is 22.4 Å². The quantitative estimate of drug-likeness (QED) is 0.388. The molecule has 0 amide bonds. The summed E-state index contributed by atoms with van der Waals surface area (Å²) in [4.78, 5) is 0. The number of aromatic hydroxyl groups is 1. The van der Waals surface area contributed by atoms with Crippen molar-refractivity contribution in [2.75, 3.05) is 0 Å². The van der Waals surface area contributed by atoms with Crippen LogP contribution in [0.3, 0.4) is 0 Å². The summed E-state index contributed by atoms with van der Waals surface area (Å²) in [7, 11) is 0. The molecule has 0 aliphatic heterocycles. The summed E-state index contributed by atoms with van der Waals surface area (Å²) in [5.41, 5.74) is 6.51. The summed E-state index contributed by atoms with van der Waals surface area (Å²) in [6, 6.07) is 31.0. The standard InChI is InChI=1S/C25H19NO/c1-17-14-15-18(16-22(17)21-10-4-7-13-25(21)27)26-23-11-5-2-8-19(23)20-9-3-6-12-24(20)26/h2-16,27H,1H3. The minimum Gasteiger partial charge on any atom is -0.507 e. The number of rotatable bonds is 2. The topological polar surface area (TPSA) is 25.2 Å². The van der Waals surface area contributed by atoms with Crippen molar-refractivity contribution < 1.29 is 5.11 Å². The zero-order chi connectivity index (χ0) is 18.4. The third-order valence-corrected chi connectivity index (χ3v) is 5.25. The number of phenolic OH excluding ortho intramolecular Hbond substituents is 1. The molecule has 1 aromatic heterocycles. The average molecular weight is 349 g/mol. The lowest BCUT2D eigenvalue weighted by atomic mass is 9.99. The third kappa shape index (κ3) is 2.42. The van der Waals surface area contributed by atoms with Gasteiger partial charge in [-0.25, -0.2) is 0 Å². The van der Waals surface area contributed by atoms with Crippen molar-refractivity contribution in [1.29, 1.82) is 0 Å². The van der Waals surface area contributed by atoms with Gasteiger partial charge in [0.15, 0.2) is 0 Å². The second-order valence-corrected chi connectivity index (χ2v) is 6.89. The average Bonchev–Trinajstić information content (AvgIpc) is 3.04. The first-order chi connectivity index (χ1) is 13.2. The lowest BCUT2D eigenvalue weighted by molar-refractivity contribution is 0.477. The van der Waals surface area contributed by atoms with Crippen LogP contribution in [-0.4, -0.2) is 9.67 Å². The molecule has 0 atom stereocenters. The van der Waals surface area contributed by atoms with Crippen LogP contribution in [0, 0.1) is 6.92 Å². The summed E-state index contributed by atoms with van der Waals surface area (Å²) < 4.78 is 2.30. The molecular formula is C25H19NO. The van der Waals surface area contributed by atoms with Crippen LogP contribution < -0.4 is 0 Å². The highest BCUT2D eigenvalue weighted by Crippen LogP contribution is 2.36. The van der Waals surface area contributed by atoms with Crippen molar-refractivity contribution in [3.05, 3.63) is 96.6 Å². The van der Waals surface area contributed by atoms with Crippen molar-refractivity contribution in [2.45, 2.75) is 6.92 Å². The summed E-state index contributed by atoms with van der Waals surface area (Å²) in [6.07, 6.45) is 0. The Bertz CT molecular complexity index is 1240. The van der Waals surface area contributed by atoms with Crippen molar-refractivity contribution in [3.63, 3.8) is 0 Å². The molecular weight excluding hydrogens is 330 g/mol. The summed E-state index contributed by atoms with van der Waals surface area (Å²) >= 11 is 0. The Balaban J connectivity index is 1.84. The number of phenols is 1. The highest BCUT2D eigenvalue weighted by molar-refractivity contribution is 6.09. The number of fused-ring (bicyclic) bond motifs is 3. The fraction of sp³-hybridized carbons (Fsp3) is 0.0400. The Morgan fingerprint density at radius 2 is 1.22 bits per heavy atom. The Morgan fingerprint density at radius 3 is 1.89 bits per heavy atom. The fourth-order valence-electron chi connectivity index (χ4n) is 3.94. The molecule has 5 aromatic rings. The van der Waals surface area contributed by atoms with Crippen LogP contribution in [0.4, 0.5) is 0 Å². The first-order valence-corrected chi connectivity index (χ1v) is 9.11. The smallest absolute Gasteiger partial charge is 0.123 e. The number of nitrogens with zero attached hydrogens (tertiary/aromatic N) is 1. The molecule has 0 aliphatic rings. The van der Waals surface area contributed by atoms with Crippen LogP contribution in [0.25, 0.3) is 38.6 Å². The van der Waals surface area contributed by atoms with Gasteiger partial charge < -0.3 is 9.67 Å². The molecule has 0 fully saturated rings. The molecule has 4 aromatic carbocycles. The number of hydrogen-bond donors (Lipinski definition) is 1. The minimum atomic E-state index is 0.306. The largest absolute Gasteiger partial charge is 0.507 e. The highest BCUT2D eigenvalue weighted by Gasteiger charge is 2.13. The van der Waals surface area contributed by atoms with Gasteiger partial charge in [-0.2, -0.15) is 0 Å². The number of aromatic nitrogens is 1. The minimum absolute atomic E-state index is 0.306. The van der Waals surface area contributed by atoms with E-state index in [2.05, 4.69) is 78.2 Å². The fourth-order valence-corrected chi connectivity index (χ4v) is 3.94. The van der Waals surface area contributed by atoms with Crippen LogP contribution in [0.2, 0.25) is 0 Å².